The van der Waals surface area contributed by atoms with E-state index in [-0.39, 0.29) is 11.8 Å². The van der Waals surface area contributed by atoms with Crippen LogP contribution in [-0.2, 0) is 6.54 Å². The quantitative estimate of drug-likeness (QED) is 0.706. The molecule has 0 unspecified atom stereocenters. The molecule has 136 valence electrons. The Bertz CT molecular complexity index is 925. The van der Waals surface area contributed by atoms with E-state index in [0.29, 0.717) is 29.1 Å². The number of ether oxygens (including phenoxy) is 1. The van der Waals surface area contributed by atoms with E-state index in [2.05, 4.69) is 15.6 Å². The van der Waals surface area contributed by atoms with Crippen molar-refractivity contribution < 1.29 is 14.3 Å². The maximum absolute atomic E-state index is 12.4. The number of benzene rings is 2. The predicted molar refractivity (Wildman–Crippen MR) is 103 cm³/mol. The van der Waals surface area contributed by atoms with E-state index in [9.17, 15) is 9.59 Å². The molecular weight excluding hydrogens is 342 g/mol. The minimum Gasteiger partial charge on any atom is -0.496 e. The number of aromatic nitrogens is 1. The van der Waals surface area contributed by atoms with Crippen molar-refractivity contribution in [3.63, 3.8) is 0 Å². The number of nitrogens with one attached hydrogen (secondary N) is 2. The van der Waals surface area contributed by atoms with Crippen LogP contribution in [0.1, 0.15) is 26.3 Å². The van der Waals surface area contributed by atoms with Crippen molar-refractivity contribution in [1.82, 2.24) is 10.3 Å². The van der Waals surface area contributed by atoms with Crippen LogP contribution in [0.15, 0.2) is 73.1 Å². The highest BCUT2D eigenvalue weighted by Crippen LogP contribution is 2.19. The first-order valence-corrected chi connectivity index (χ1v) is 8.39. The summed E-state index contributed by atoms with van der Waals surface area (Å²) in [5.74, 6) is 0.0893. The smallest absolute Gasteiger partial charge is 0.259 e. The molecule has 2 aromatic carbocycles. The molecule has 0 atom stereocenters. The number of methoxy groups -OCH3 is 1. The Morgan fingerprint density at radius 3 is 2.44 bits per heavy atom. The maximum atomic E-state index is 12.4. The number of amides is 2. The van der Waals surface area contributed by atoms with Crippen LogP contribution in [0.25, 0.3) is 0 Å². The van der Waals surface area contributed by atoms with Crippen LogP contribution in [0.5, 0.6) is 5.75 Å². The van der Waals surface area contributed by atoms with Gasteiger partial charge >= 0.3 is 0 Å². The molecule has 0 bridgehead atoms. The highest BCUT2D eigenvalue weighted by atomic mass is 16.5. The van der Waals surface area contributed by atoms with Crippen LogP contribution >= 0.6 is 0 Å². The number of pyridine rings is 1. The maximum Gasteiger partial charge on any atom is 0.259 e. The molecule has 0 aliphatic rings. The first-order chi connectivity index (χ1) is 13.2. The predicted octanol–water partition coefficient (Wildman–Crippen LogP) is 3.27. The van der Waals surface area contributed by atoms with Gasteiger partial charge in [0, 0.05) is 24.6 Å². The highest BCUT2D eigenvalue weighted by molar-refractivity contribution is 6.06. The summed E-state index contributed by atoms with van der Waals surface area (Å²) in [5, 5.41) is 5.67. The Labute approximate surface area is 157 Å². The first kappa shape index (κ1) is 18.1. The lowest BCUT2D eigenvalue weighted by atomic mass is 10.1. The van der Waals surface area contributed by atoms with Crippen molar-refractivity contribution in [3.8, 4) is 5.75 Å². The Balaban J connectivity index is 1.59. The van der Waals surface area contributed by atoms with Crippen LogP contribution in [0.4, 0.5) is 5.69 Å². The zero-order valence-electron chi connectivity index (χ0n) is 14.8. The summed E-state index contributed by atoms with van der Waals surface area (Å²) >= 11 is 0. The first-order valence-electron chi connectivity index (χ1n) is 8.39. The topological polar surface area (TPSA) is 80.3 Å². The van der Waals surface area contributed by atoms with E-state index in [1.54, 1.807) is 48.7 Å². The number of carbonyl (C=O) groups is 2. The monoisotopic (exact) mass is 361 g/mol. The molecule has 0 saturated carbocycles. The molecular formula is C21H19N3O3. The summed E-state index contributed by atoms with van der Waals surface area (Å²) in [5.41, 5.74) is 2.56. The van der Waals surface area contributed by atoms with Crippen molar-refractivity contribution >= 4 is 17.5 Å². The third kappa shape index (κ3) is 4.70. The van der Waals surface area contributed by atoms with Gasteiger partial charge in [0.05, 0.1) is 18.2 Å². The number of nitrogens with zero attached hydrogens (tertiary/aromatic N) is 1. The summed E-state index contributed by atoms with van der Waals surface area (Å²) in [6, 6.07) is 17.7. The molecule has 27 heavy (non-hydrogen) atoms. The highest BCUT2D eigenvalue weighted by Gasteiger charge is 2.11. The number of para-hydroxylation sites is 1. The van der Waals surface area contributed by atoms with E-state index in [1.807, 2.05) is 18.2 Å². The van der Waals surface area contributed by atoms with E-state index < -0.39 is 0 Å². The SMILES string of the molecule is COc1ccccc1C(=O)Nc1ccc(CNC(=O)c2cccnc2)cc1. The van der Waals surface area contributed by atoms with Gasteiger partial charge in [-0.2, -0.15) is 0 Å². The number of anilines is 1. The summed E-state index contributed by atoms with van der Waals surface area (Å²) in [6.45, 7) is 0.383. The van der Waals surface area contributed by atoms with Crippen molar-refractivity contribution in [2.75, 3.05) is 12.4 Å². The standard InChI is InChI=1S/C21H19N3O3/c1-27-19-7-3-2-6-18(19)21(26)24-17-10-8-15(9-11-17)13-23-20(25)16-5-4-12-22-14-16/h2-12,14H,13H2,1H3,(H,23,25)(H,24,26). The Hall–Kier alpha value is -3.67. The Morgan fingerprint density at radius 1 is 0.963 bits per heavy atom. The van der Waals surface area contributed by atoms with Gasteiger partial charge in [0.2, 0.25) is 0 Å². The summed E-state index contributed by atoms with van der Waals surface area (Å²) in [4.78, 5) is 28.4. The zero-order valence-corrected chi connectivity index (χ0v) is 14.8. The van der Waals surface area contributed by atoms with E-state index in [1.165, 1.54) is 13.3 Å². The van der Waals surface area contributed by atoms with Crippen LogP contribution in [0.2, 0.25) is 0 Å². The third-order valence-corrected chi connectivity index (χ3v) is 3.94. The summed E-state index contributed by atoms with van der Waals surface area (Å²) < 4.78 is 5.21. The van der Waals surface area contributed by atoms with Gasteiger partial charge in [-0.05, 0) is 42.0 Å². The van der Waals surface area contributed by atoms with Gasteiger partial charge in [-0.25, -0.2) is 0 Å². The third-order valence-electron chi connectivity index (χ3n) is 3.94. The number of hydrogen-bond donors (Lipinski definition) is 2. The molecule has 6 nitrogen and oxygen atoms in total. The molecule has 3 rings (SSSR count). The van der Waals surface area contributed by atoms with Crippen LogP contribution < -0.4 is 15.4 Å². The van der Waals surface area contributed by atoms with Crippen LogP contribution in [0.3, 0.4) is 0 Å². The number of carbonyl (C=O) groups excluding carboxylic acids is 2. The molecule has 1 aromatic heterocycles. The van der Waals surface area contributed by atoms with E-state index >= 15 is 0 Å². The van der Waals surface area contributed by atoms with Crippen molar-refractivity contribution in [2.24, 2.45) is 0 Å². The Kier molecular flexibility index (Phi) is 5.79. The second kappa shape index (κ2) is 8.62. The minimum absolute atomic E-state index is 0.184. The molecule has 0 radical (unpaired) electrons. The van der Waals surface area contributed by atoms with Crippen molar-refractivity contribution in [3.05, 3.63) is 89.7 Å². The average Bonchev–Trinajstić information content (AvgIpc) is 2.73. The zero-order chi connectivity index (χ0) is 19.1. The fourth-order valence-electron chi connectivity index (χ4n) is 2.52. The second-order valence-corrected chi connectivity index (χ2v) is 5.78. The van der Waals surface area contributed by atoms with Gasteiger partial charge < -0.3 is 15.4 Å². The van der Waals surface area contributed by atoms with E-state index in [0.717, 1.165) is 5.56 Å². The number of hydrogen-bond acceptors (Lipinski definition) is 4. The average molecular weight is 361 g/mol. The van der Waals surface area contributed by atoms with Gasteiger partial charge in [0.1, 0.15) is 5.75 Å². The summed E-state index contributed by atoms with van der Waals surface area (Å²) in [6.07, 6.45) is 3.14. The normalized spacial score (nSPS) is 10.1. The lowest BCUT2D eigenvalue weighted by molar-refractivity contribution is 0.0949. The van der Waals surface area contributed by atoms with Gasteiger partial charge in [0.15, 0.2) is 0 Å². The second-order valence-electron chi connectivity index (χ2n) is 5.78. The lowest BCUT2D eigenvalue weighted by Crippen LogP contribution is -2.22. The van der Waals surface area contributed by atoms with Crippen molar-refractivity contribution in [1.29, 1.82) is 0 Å². The molecule has 0 spiro atoms. The summed E-state index contributed by atoms with van der Waals surface area (Å²) in [7, 11) is 1.53. The number of rotatable bonds is 6. The van der Waals surface area contributed by atoms with E-state index in [4.69, 9.17) is 4.74 Å². The fraction of sp³-hybridized carbons (Fsp3) is 0.0952. The minimum atomic E-state index is -0.245. The molecule has 0 saturated heterocycles. The molecule has 0 aliphatic heterocycles. The molecule has 6 heteroatoms. The Morgan fingerprint density at radius 2 is 1.74 bits per heavy atom. The molecule has 0 aliphatic carbocycles. The molecule has 3 aromatic rings. The van der Waals surface area contributed by atoms with Crippen LogP contribution in [-0.4, -0.2) is 23.9 Å². The van der Waals surface area contributed by atoms with Gasteiger partial charge in [-0.15, -0.1) is 0 Å². The molecule has 1 heterocycles. The lowest BCUT2D eigenvalue weighted by Gasteiger charge is -2.10. The molecule has 2 amide bonds. The van der Waals surface area contributed by atoms with Gasteiger partial charge in [0.25, 0.3) is 11.8 Å². The van der Waals surface area contributed by atoms with Gasteiger partial charge in [-0.1, -0.05) is 24.3 Å². The van der Waals surface area contributed by atoms with Crippen LogP contribution in [0, 0.1) is 0 Å². The molecule has 2 N–H and O–H groups in total. The largest absolute Gasteiger partial charge is 0.496 e. The van der Waals surface area contributed by atoms with Gasteiger partial charge in [-0.3, -0.25) is 14.6 Å². The van der Waals surface area contributed by atoms with Crippen molar-refractivity contribution in [2.45, 2.75) is 6.54 Å². The fourth-order valence-corrected chi connectivity index (χ4v) is 2.52. The molecule has 0 fully saturated rings.